The van der Waals surface area contributed by atoms with Crippen LogP contribution in [0, 0.1) is 6.92 Å². The SMILES string of the molecule is COC(=O)c1c(NC(=S)Nc2ccc3c(c2)OCO3)sc(C)c1-c1ccccc1. The van der Waals surface area contributed by atoms with Crippen molar-refractivity contribution in [1.29, 1.82) is 0 Å². The van der Waals surface area contributed by atoms with Gasteiger partial charge in [0.2, 0.25) is 6.79 Å². The highest BCUT2D eigenvalue weighted by atomic mass is 32.1. The Labute approximate surface area is 177 Å². The van der Waals surface area contributed by atoms with Crippen LogP contribution in [-0.2, 0) is 4.74 Å². The fraction of sp³-hybridized carbons (Fsp3) is 0.143. The summed E-state index contributed by atoms with van der Waals surface area (Å²) in [4.78, 5) is 13.6. The van der Waals surface area contributed by atoms with Crippen molar-refractivity contribution in [2.75, 3.05) is 24.5 Å². The highest BCUT2D eigenvalue weighted by Gasteiger charge is 2.24. The molecule has 0 saturated carbocycles. The zero-order chi connectivity index (χ0) is 20.4. The molecule has 2 aromatic carbocycles. The van der Waals surface area contributed by atoms with Gasteiger partial charge < -0.3 is 24.8 Å². The molecule has 0 radical (unpaired) electrons. The summed E-state index contributed by atoms with van der Waals surface area (Å²) in [5.41, 5.74) is 3.01. The molecule has 3 aromatic rings. The number of hydrogen-bond acceptors (Lipinski definition) is 6. The van der Waals surface area contributed by atoms with E-state index in [1.807, 2.05) is 55.5 Å². The molecule has 1 aromatic heterocycles. The van der Waals surface area contributed by atoms with Crippen LogP contribution in [0.25, 0.3) is 11.1 Å². The van der Waals surface area contributed by atoms with Crippen molar-refractivity contribution in [2.45, 2.75) is 6.92 Å². The maximum atomic E-state index is 12.6. The molecule has 1 aliphatic rings. The first-order valence-electron chi connectivity index (χ1n) is 8.81. The second kappa shape index (κ2) is 8.10. The Hall–Kier alpha value is -3.10. The highest BCUT2D eigenvalue weighted by molar-refractivity contribution is 7.80. The number of anilines is 2. The summed E-state index contributed by atoms with van der Waals surface area (Å²) in [6.07, 6.45) is 0. The molecule has 0 fully saturated rings. The van der Waals surface area contributed by atoms with Crippen LogP contribution in [0.2, 0.25) is 0 Å². The Balaban J connectivity index is 1.61. The van der Waals surface area contributed by atoms with Gasteiger partial charge in [-0.25, -0.2) is 4.79 Å². The van der Waals surface area contributed by atoms with Gasteiger partial charge >= 0.3 is 5.97 Å². The predicted molar refractivity (Wildman–Crippen MR) is 118 cm³/mol. The molecule has 0 unspecified atom stereocenters. The Morgan fingerprint density at radius 1 is 1.10 bits per heavy atom. The molecule has 0 spiro atoms. The van der Waals surface area contributed by atoms with Gasteiger partial charge in [0.25, 0.3) is 0 Å². The lowest BCUT2D eigenvalue weighted by Crippen LogP contribution is -2.20. The van der Waals surface area contributed by atoms with Crippen molar-refractivity contribution in [3.63, 3.8) is 0 Å². The van der Waals surface area contributed by atoms with Gasteiger partial charge in [0, 0.05) is 22.2 Å². The summed E-state index contributed by atoms with van der Waals surface area (Å²) < 4.78 is 15.7. The van der Waals surface area contributed by atoms with Crippen LogP contribution >= 0.6 is 23.6 Å². The smallest absolute Gasteiger partial charge is 0.341 e. The number of hydrogen-bond donors (Lipinski definition) is 2. The molecule has 2 N–H and O–H groups in total. The van der Waals surface area contributed by atoms with Gasteiger partial charge in [-0.3, -0.25) is 0 Å². The molecule has 0 atom stereocenters. The molecule has 0 aliphatic carbocycles. The summed E-state index contributed by atoms with van der Waals surface area (Å²) in [5, 5.41) is 7.24. The van der Waals surface area contributed by atoms with Crippen molar-refractivity contribution in [1.82, 2.24) is 0 Å². The number of carbonyl (C=O) groups is 1. The normalized spacial score (nSPS) is 11.8. The van der Waals surface area contributed by atoms with E-state index in [2.05, 4.69) is 10.6 Å². The molecule has 6 nitrogen and oxygen atoms in total. The molecule has 4 rings (SSSR count). The van der Waals surface area contributed by atoms with Crippen LogP contribution in [0.4, 0.5) is 10.7 Å². The Morgan fingerprint density at radius 2 is 1.86 bits per heavy atom. The number of aryl methyl sites for hydroxylation is 1. The monoisotopic (exact) mass is 426 g/mol. The van der Waals surface area contributed by atoms with Crippen molar-refractivity contribution in [2.24, 2.45) is 0 Å². The van der Waals surface area contributed by atoms with E-state index in [9.17, 15) is 4.79 Å². The molecule has 0 bridgehead atoms. The summed E-state index contributed by atoms with van der Waals surface area (Å²) >= 11 is 6.91. The van der Waals surface area contributed by atoms with E-state index in [1.54, 1.807) is 0 Å². The number of methoxy groups -OCH3 is 1. The first-order chi connectivity index (χ1) is 14.1. The number of carbonyl (C=O) groups excluding carboxylic acids is 1. The van der Waals surface area contributed by atoms with Crippen molar-refractivity contribution in [3.05, 3.63) is 59.0 Å². The number of nitrogens with one attached hydrogen (secondary N) is 2. The quantitative estimate of drug-likeness (QED) is 0.447. The summed E-state index contributed by atoms with van der Waals surface area (Å²) in [6, 6.07) is 15.2. The maximum absolute atomic E-state index is 12.6. The van der Waals surface area contributed by atoms with Gasteiger partial charge in [-0.05, 0) is 36.8 Å². The molecular formula is C21H18N2O4S2. The molecule has 1 aliphatic heterocycles. The van der Waals surface area contributed by atoms with E-state index in [4.69, 9.17) is 26.4 Å². The molecule has 29 heavy (non-hydrogen) atoms. The minimum absolute atomic E-state index is 0.209. The van der Waals surface area contributed by atoms with Crippen LogP contribution in [0.15, 0.2) is 48.5 Å². The number of thiophene rings is 1. The number of thiocarbonyl (C=S) groups is 1. The molecule has 2 heterocycles. The third-order valence-corrected chi connectivity index (χ3v) is 5.62. The molecule has 8 heteroatoms. The number of rotatable bonds is 4. The Morgan fingerprint density at radius 3 is 2.62 bits per heavy atom. The molecule has 0 saturated heterocycles. The number of fused-ring (bicyclic) bond motifs is 1. The topological polar surface area (TPSA) is 68.8 Å². The molecule has 148 valence electrons. The van der Waals surface area contributed by atoms with E-state index in [0.29, 0.717) is 27.2 Å². The third-order valence-electron chi connectivity index (χ3n) is 4.39. The van der Waals surface area contributed by atoms with Crippen LogP contribution < -0.4 is 20.1 Å². The van der Waals surface area contributed by atoms with E-state index >= 15 is 0 Å². The Kier molecular flexibility index (Phi) is 5.37. The lowest BCUT2D eigenvalue weighted by atomic mass is 10.0. The Bertz CT molecular complexity index is 1080. The molecular weight excluding hydrogens is 408 g/mol. The average molecular weight is 427 g/mol. The van der Waals surface area contributed by atoms with Crippen LogP contribution in [0.3, 0.4) is 0 Å². The van der Waals surface area contributed by atoms with E-state index in [1.165, 1.54) is 18.4 Å². The van der Waals surface area contributed by atoms with Crippen molar-refractivity contribution < 1.29 is 19.0 Å². The van der Waals surface area contributed by atoms with E-state index in [-0.39, 0.29) is 6.79 Å². The minimum atomic E-state index is -0.415. The van der Waals surface area contributed by atoms with E-state index < -0.39 is 5.97 Å². The first-order valence-corrected chi connectivity index (χ1v) is 10.0. The van der Waals surface area contributed by atoms with E-state index in [0.717, 1.165) is 21.7 Å². The summed E-state index contributed by atoms with van der Waals surface area (Å²) in [6.45, 7) is 2.18. The van der Waals surface area contributed by atoms with Crippen LogP contribution in [0.1, 0.15) is 15.2 Å². The number of esters is 1. The molecule has 0 amide bonds. The highest BCUT2D eigenvalue weighted by Crippen LogP contribution is 2.40. The maximum Gasteiger partial charge on any atom is 0.341 e. The average Bonchev–Trinajstić information content (AvgIpc) is 3.31. The van der Waals surface area contributed by atoms with Gasteiger partial charge in [0.1, 0.15) is 10.6 Å². The van der Waals surface area contributed by atoms with Crippen LogP contribution in [0.5, 0.6) is 11.5 Å². The number of benzene rings is 2. The minimum Gasteiger partial charge on any atom is -0.465 e. The van der Waals surface area contributed by atoms with Gasteiger partial charge in [-0.2, -0.15) is 0 Å². The fourth-order valence-corrected chi connectivity index (χ4v) is 4.47. The number of ether oxygens (including phenoxy) is 3. The third kappa shape index (κ3) is 3.90. The second-order valence-corrected chi connectivity index (χ2v) is 7.88. The predicted octanol–water partition coefficient (Wildman–Crippen LogP) is 5.05. The second-order valence-electron chi connectivity index (χ2n) is 6.24. The fourth-order valence-electron chi connectivity index (χ4n) is 3.12. The van der Waals surface area contributed by atoms with Gasteiger partial charge in [-0.1, -0.05) is 30.3 Å². The van der Waals surface area contributed by atoms with Gasteiger partial charge in [0.15, 0.2) is 16.6 Å². The van der Waals surface area contributed by atoms with Crippen molar-refractivity contribution in [3.8, 4) is 22.6 Å². The largest absolute Gasteiger partial charge is 0.465 e. The van der Waals surface area contributed by atoms with Crippen LogP contribution in [-0.4, -0.2) is 25.0 Å². The van der Waals surface area contributed by atoms with Gasteiger partial charge in [0.05, 0.1) is 7.11 Å². The van der Waals surface area contributed by atoms with Gasteiger partial charge in [-0.15, -0.1) is 11.3 Å². The lowest BCUT2D eigenvalue weighted by molar-refractivity contribution is 0.0603. The summed E-state index contributed by atoms with van der Waals surface area (Å²) in [5.74, 6) is 0.941. The van der Waals surface area contributed by atoms with Crippen molar-refractivity contribution >= 4 is 45.3 Å². The summed E-state index contributed by atoms with van der Waals surface area (Å²) in [7, 11) is 1.37. The zero-order valence-corrected chi connectivity index (χ0v) is 17.4. The standard InChI is InChI=1S/C21H18N2O4S2/c1-12-17(13-6-4-3-5-7-13)18(20(24)25-2)19(29-12)23-21(28)22-14-8-9-15-16(10-14)27-11-26-15/h3-10H,11H2,1-2H3,(H2,22,23,28). The zero-order valence-electron chi connectivity index (χ0n) is 15.8. The first kappa shape index (κ1) is 19.2. The lowest BCUT2D eigenvalue weighted by Gasteiger charge is -2.12.